The van der Waals surface area contributed by atoms with Crippen molar-refractivity contribution in [3.05, 3.63) is 33.9 Å². The monoisotopic (exact) mass is 306 g/mol. The van der Waals surface area contributed by atoms with E-state index in [-0.39, 0.29) is 0 Å². The number of hydrogen-bond acceptors (Lipinski definition) is 1. The Balaban J connectivity index is 1.92. The Hall–Kier alpha value is -0.800. The summed E-state index contributed by atoms with van der Waals surface area (Å²) in [6, 6.07) is 7.18. The fraction of sp³-hybridized carbons (Fsp3) is 0.467. The summed E-state index contributed by atoms with van der Waals surface area (Å²) in [5.74, 6) is 0. The summed E-state index contributed by atoms with van der Waals surface area (Å²) >= 11 is 3.53. The summed E-state index contributed by atoms with van der Waals surface area (Å²) in [6.07, 6.45) is 5.15. The molecule has 1 atom stereocenters. The molecule has 0 saturated carbocycles. The van der Waals surface area contributed by atoms with Crippen molar-refractivity contribution in [3.8, 4) is 0 Å². The molecule has 0 bridgehead atoms. The van der Waals surface area contributed by atoms with Gasteiger partial charge in [-0.25, -0.2) is 0 Å². The van der Waals surface area contributed by atoms with Gasteiger partial charge in [0, 0.05) is 27.1 Å². The number of aromatic amines is 1. The molecule has 3 rings (SSSR count). The number of benzene rings is 1. The standard InChI is InChI=1S/C15H19BrN2/c1-10-14(9-12-4-2-3-7-17-12)13-6-5-11(16)8-15(13)18-10/h5-6,8,12,17-18H,2-4,7,9H2,1H3. The maximum absolute atomic E-state index is 3.64. The second-order valence-corrected chi connectivity index (χ2v) is 6.19. The molecule has 2 nitrogen and oxygen atoms in total. The molecule has 18 heavy (non-hydrogen) atoms. The van der Waals surface area contributed by atoms with Gasteiger partial charge in [0.25, 0.3) is 0 Å². The zero-order valence-corrected chi connectivity index (χ0v) is 12.3. The first-order valence-electron chi connectivity index (χ1n) is 6.74. The molecule has 1 fully saturated rings. The lowest BCUT2D eigenvalue weighted by molar-refractivity contribution is 0.399. The third kappa shape index (κ3) is 2.34. The minimum Gasteiger partial charge on any atom is -0.358 e. The number of piperidine rings is 1. The molecular weight excluding hydrogens is 288 g/mol. The van der Waals surface area contributed by atoms with Gasteiger partial charge in [0.15, 0.2) is 0 Å². The number of halogens is 1. The molecule has 1 aliphatic rings. The summed E-state index contributed by atoms with van der Waals surface area (Å²) in [5, 5.41) is 5.02. The van der Waals surface area contributed by atoms with Crippen LogP contribution in [0.1, 0.15) is 30.5 Å². The summed E-state index contributed by atoms with van der Waals surface area (Å²) in [4.78, 5) is 3.50. The predicted molar refractivity (Wildman–Crippen MR) is 80.1 cm³/mol. The zero-order chi connectivity index (χ0) is 12.5. The number of rotatable bonds is 2. The van der Waals surface area contributed by atoms with Crippen molar-refractivity contribution in [2.24, 2.45) is 0 Å². The fourth-order valence-corrected chi connectivity index (χ4v) is 3.33. The molecule has 1 aromatic heterocycles. The third-order valence-corrected chi connectivity index (χ3v) is 4.44. The predicted octanol–water partition coefficient (Wildman–Crippen LogP) is 3.92. The van der Waals surface area contributed by atoms with Crippen molar-refractivity contribution in [2.45, 2.75) is 38.6 Å². The number of H-pyrrole nitrogens is 1. The topological polar surface area (TPSA) is 27.8 Å². The van der Waals surface area contributed by atoms with Crippen LogP contribution < -0.4 is 5.32 Å². The molecule has 2 heterocycles. The summed E-state index contributed by atoms with van der Waals surface area (Å²) in [6.45, 7) is 3.36. The second-order valence-electron chi connectivity index (χ2n) is 5.27. The smallest absolute Gasteiger partial charge is 0.0470 e. The van der Waals surface area contributed by atoms with Crippen LogP contribution in [0.4, 0.5) is 0 Å². The Morgan fingerprint density at radius 2 is 2.22 bits per heavy atom. The number of hydrogen-bond donors (Lipinski definition) is 2. The summed E-state index contributed by atoms with van der Waals surface area (Å²) in [7, 11) is 0. The Labute approximate surface area is 116 Å². The summed E-state index contributed by atoms with van der Waals surface area (Å²) in [5.41, 5.74) is 4.04. The number of aromatic nitrogens is 1. The third-order valence-electron chi connectivity index (χ3n) is 3.94. The Kier molecular flexibility index (Phi) is 3.44. The van der Waals surface area contributed by atoms with Gasteiger partial charge in [-0.05, 0) is 50.4 Å². The fourth-order valence-electron chi connectivity index (χ4n) is 2.97. The molecule has 0 spiro atoms. The SMILES string of the molecule is Cc1[nH]c2cc(Br)ccc2c1CC1CCCCN1. The van der Waals surface area contributed by atoms with Gasteiger partial charge in [0.05, 0.1) is 0 Å². The minimum absolute atomic E-state index is 0.653. The second kappa shape index (κ2) is 5.06. The van der Waals surface area contributed by atoms with Gasteiger partial charge in [-0.3, -0.25) is 0 Å². The quantitative estimate of drug-likeness (QED) is 0.864. The lowest BCUT2D eigenvalue weighted by atomic mass is 9.96. The molecule has 0 aliphatic carbocycles. The van der Waals surface area contributed by atoms with Crippen LogP contribution in [0.3, 0.4) is 0 Å². The summed E-state index contributed by atoms with van der Waals surface area (Å²) < 4.78 is 1.14. The average molecular weight is 307 g/mol. The molecule has 2 aromatic rings. The molecular formula is C15H19BrN2. The van der Waals surface area contributed by atoms with Gasteiger partial charge in [0.2, 0.25) is 0 Å². The van der Waals surface area contributed by atoms with Crippen molar-refractivity contribution in [1.29, 1.82) is 0 Å². The van der Waals surface area contributed by atoms with Crippen molar-refractivity contribution in [1.82, 2.24) is 10.3 Å². The van der Waals surface area contributed by atoms with Crippen LogP contribution in [-0.2, 0) is 6.42 Å². The first-order chi connectivity index (χ1) is 8.74. The lowest BCUT2D eigenvalue weighted by Crippen LogP contribution is -2.35. The maximum atomic E-state index is 3.64. The molecule has 2 N–H and O–H groups in total. The maximum Gasteiger partial charge on any atom is 0.0470 e. The number of fused-ring (bicyclic) bond motifs is 1. The van der Waals surface area contributed by atoms with Crippen LogP contribution in [0, 0.1) is 6.92 Å². The van der Waals surface area contributed by atoms with E-state index in [4.69, 9.17) is 0 Å². The number of nitrogens with one attached hydrogen (secondary N) is 2. The van der Waals surface area contributed by atoms with Crippen LogP contribution in [0.2, 0.25) is 0 Å². The van der Waals surface area contributed by atoms with Crippen LogP contribution >= 0.6 is 15.9 Å². The van der Waals surface area contributed by atoms with Crippen LogP contribution in [0.5, 0.6) is 0 Å². The normalized spacial score (nSPS) is 20.4. The van der Waals surface area contributed by atoms with Crippen molar-refractivity contribution >= 4 is 26.8 Å². The minimum atomic E-state index is 0.653. The van der Waals surface area contributed by atoms with E-state index in [1.807, 2.05) is 0 Å². The Morgan fingerprint density at radius 3 is 3.00 bits per heavy atom. The van der Waals surface area contributed by atoms with Gasteiger partial charge < -0.3 is 10.3 Å². The number of aryl methyl sites for hydroxylation is 1. The Bertz CT molecular complexity index is 553. The average Bonchev–Trinajstić information content (AvgIpc) is 2.66. The highest BCUT2D eigenvalue weighted by Gasteiger charge is 2.17. The van der Waals surface area contributed by atoms with Gasteiger partial charge in [-0.15, -0.1) is 0 Å². The van der Waals surface area contributed by atoms with Crippen LogP contribution in [-0.4, -0.2) is 17.6 Å². The van der Waals surface area contributed by atoms with E-state index < -0.39 is 0 Å². The van der Waals surface area contributed by atoms with Crippen LogP contribution in [0.25, 0.3) is 10.9 Å². The van der Waals surface area contributed by atoms with Gasteiger partial charge in [-0.1, -0.05) is 28.4 Å². The first-order valence-corrected chi connectivity index (χ1v) is 7.53. The molecule has 1 saturated heterocycles. The van der Waals surface area contributed by atoms with E-state index in [9.17, 15) is 0 Å². The lowest BCUT2D eigenvalue weighted by Gasteiger charge is -2.23. The molecule has 1 aromatic carbocycles. The van der Waals surface area contributed by atoms with Gasteiger partial charge in [0.1, 0.15) is 0 Å². The molecule has 1 unspecified atom stereocenters. The van der Waals surface area contributed by atoms with Crippen molar-refractivity contribution in [2.75, 3.05) is 6.54 Å². The highest BCUT2D eigenvalue weighted by Crippen LogP contribution is 2.27. The Morgan fingerprint density at radius 1 is 1.33 bits per heavy atom. The van der Waals surface area contributed by atoms with Gasteiger partial charge in [-0.2, -0.15) is 0 Å². The van der Waals surface area contributed by atoms with Crippen LogP contribution in [0.15, 0.2) is 22.7 Å². The van der Waals surface area contributed by atoms with E-state index in [1.165, 1.54) is 48.0 Å². The molecule has 0 radical (unpaired) electrons. The van der Waals surface area contributed by atoms with E-state index in [0.717, 1.165) is 10.9 Å². The first kappa shape index (κ1) is 12.2. The highest BCUT2D eigenvalue weighted by molar-refractivity contribution is 9.10. The molecule has 96 valence electrons. The van der Waals surface area contributed by atoms with E-state index in [1.54, 1.807) is 0 Å². The highest BCUT2D eigenvalue weighted by atomic mass is 79.9. The van der Waals surface area contributed by atoms with Crippen molar-refractivity contribution < 1.29 is 0 Å². The molecule has 1 aliphatic heterocycles. The molecule has 0 amide bonds. The van der Waals surface area contributed by atoms with Crippen molar-refractivity contribution in [3.63, 3.8) is 0 Å². The zero-order valence-electron chi connectivity index (χ0n) is 10.7. The largest absolute Gasteiger partial charge is 0.358 e. The van der Waals surface area contributed by atoms with E-state index in [0.29, 0.717) is 6.04 Å². The molecule has 3 heteroatoms. The van der Waals surface area contributed by atoms with E-state index >= 15 is 0 Å². The van der Waals surface area contributed by atoms with Gasteiger partial charge >= 0.3 is 0 Å². The van der Waals surface area contributed by atoms with E-state index in [2.05, 4.69) is 51.4 Å².